The molecule has 0 bridgehead atoms. The van der Waals surface area contributed by atoms with Gasteiger partial charge in [0.1, 0.15) is 0 Å². The number of hydrogen-bond donors (Lipinski definition) is 0. The molecule has 1 aliphatic rings. The summed E-state index contributed by atoms with van der Waals surface area (Å²) in [5.41, 5.74) is 5.27. The smallest absolute Gasteiger partial charge is 0.0591 e. The molecule has 3 rings (SSSR count). The van der Waals surface area contributed by atoms with E-state index in [1.165, 1.54) is 22.3 Å². The van der Waals surface area contributed by atoms with Crippen molar-refractivity contribution < 1.29 is 0 Å². The average molecular weight is 229 g/mol. The van der Waals surface area contributed by atoms with Crippen LogP contribution in [0.25, 0.3) is 11.1 Å². The van der Waals surface area contributed by atoms with Crippen LogP contribution in [0.15, 0.2) is 48.5 Å². The fourth-order valence-electron chi connectivity index (χ4n) is 2.36. The lowest BCUT2D eigenvalue weighted by Crippen LogP contribution is -1.86. The third kappa shape index (κ3) is 1.64. The highest BCUT2D eigenvalue weighted by atomic mass is 35.5. The van der Waals surface area contributed by atoms with E-state index in [0.29, 0.717) is 0 Å². The Bertz CT molecular complexity index is 502. The van der Waals surface area contributed by atoms with E-state index in [1.807, 2.05) is 6.07 Å². The normalized spacial score (nSPS) is 18.4. The Labute approximate surface area is 101 Å². The second-order valence-electron chi connectivity index (χ2n) is 4.29. The van der Waals surface area contributed by atoms with Gasteiger partial charge in [-0.15, -0.1) is 11.6 Å². The monoisotopic (exact) mass is 228 g/mol. The van der Waals surface area contributed by atoms with Crippen molar-refractivity contribution in [3.8, 4) is 11.1 Å². The van der Waals surface area contributed by atoms with Gasteiger partial charge in [-0.3, -0.25) is 0 Å². The fraction of sp³-hybridized carbons (Fsp3) is 0.200. The summed E-state index contributed by atoms with van der Waals surface area (Å²) in [6.45, 7) is 0. The number of halogens is 1. The number of hydrogen-bond acceptors (Lipinski definition) is 0. The minimum atomic E-state index is 0.207. The van der Waals surface area contributed by atoms with Gasteiger partial charge in [-0.1, -0.05) is 42.5 Å². The van der Waals surface area contributed by atoms with Crippen molar-refractivity contribution >= 4 is 11.6 Å². The van der Waals surface area contributed by atoms with Crippen LogP contribution in [0.4, 0.5) is 0 Å². The van der Waals surface area contributed by atoms with Gasteiger partial charge < -0.3 is 0 Å². The molecule has 0 saturated heterocycles. The zero-order valence-electron chi connectivity index (χ0n) is 8.99. The van der Waals surface area contributed by atoms with Crippen LogP contribution in [0.2, 0.25) is 0 Å². The quantitative estimate of drug-likeness (QED) is 0.627. The van der Waals surface area contributed by atoms with Crippen LogP contribution in [0.1, 0.15) is 22.9 Å². The molecular weight excluding hydrogens is 216 g/mol. The standard InChI is InChI=1S/C15H13Cl/c16-15-9-8-12-6-7-13(10-14(12)15)11-4-2-1-3-5-11/h1-7,10,15H,8-9H2. The minimum Gasteiger partial charge on any atom is -0.118 e. The molecule has 0 aliphatic heterocycles. The number of aryl methyl sites for hydroxylation is 1. The van der Waals surface area contributed by atoms with Gasteiger partial charge in [0.2, 0.25) is 0 Å². The first-order valence-electron chi connectivity index (χ1n) is 5.67. The summed E-state index contributed by atoms with van der Waals surface area (Å²) in [5.74, 6) is 0. The van der Waals surface area contributed by atoms with Crippen LogP contribution in [0, 0.1) is 0 Å². The highest BCUT2D eigenvalue weighted by Crippen LogP contribution is 2.38. The Morgan fingerprint density at radius 1 is 0.938 bits per heavy atom. The molecule has 1 aliphatic carbocycles. The lowest BCUT2D eigenvalue weighted by atomic mass is 10.0. The van der Waals surface area contributed by atoms with Gasteiger partial charge >= 0.3 is 0 Å². The molecule has 0 spiro atoms. The molecule has 0 heterocycles. The van der Waals surface area contributed by atoms with Gasteiger partial charge in [-0.05, 0) is 41.2 Å². The first-order valence-corrected chi connectivity index (χ1v) is 6.10. The topological polar surface area (TPSA) is 0 Å². The predicted molar refractivity (Wildman–Crippen MR) is 68.8 cm³/mol. The zero-order chi connectivity index (χ0) is 11.0. The van der Waals surface area contributed by atoms with Crippen molar-refractivity contribution in [3.05, 3.63) is 59.7 Å². The number of rotatable bonds is 1. The molecule has 2 aromatic carbocycles. The second-order valence-corrected chi connectivity index (χ2v) is 4.81. The van der Waals surface area contributed by atoms with Crippen LogP contribution < -0.4 is 0 Å². The third-order valence-electron chi connectivity index (χ3n) is 3.26. The van der Waals surface area contributed by atoms with E-state index >= 15 is 0 Å². The first kappa shape index (κ1) is 9.92. The number of alkyl halides is 1. The molecule has 1 heteroatoms. The Hall–Kier alpha value is -1.27. The van der Waals surface area contributed by atoms with Gasteiger partial charge in [-0.2, -0.15) is 0 Å². The summed E-state index contributed by atoms with van der Waals surface area (Å²) in [7, 11) is 0. The molecule has 0 aromatic heterocycles. The molecule has 16 heavy (non-hydrogen) atoms. The van der Waals surface area contributed by atoms with Crippen molar-refractivity contribution in [1.29, 1.82) is 0 Å². The molecule has 0 radical (unpaired) electrons. The van der Waals surface area contributed by atoms with Gasteiger partial charge in [0.05, 0.1) is 5.38 Å². The van der Waals surface area contributed by atoms with Crippen LogP contribution in [-0.4, -0.2) is 0 Å². The van der Waals surface area contributed by atoms with Gasteiger partial charge in [-0.25, -0.2) is 0 Å². The lowest BCUT2D eigenvalue weighted by Gasteiger charge is -2.07. The summed E-state index contributed by atoms with van der Waals surface area (Å²) in [4.78, 5) is 0. The zero-order valence-corrected chi connectivity index (χ0v) is 9.74. The molecule has 1 unspecified atom stereocenters. The van der Waals surface area contributed by atoms with Crippen molar-refractivity contribution in [2.45, 2.75) is 18.2 Å². The summed E-state index contributed by atoms with van der Waals surface area (Å²) in [6.07, 6.45) is 2.20. The third-order valence-corrected chi connectivity index (χ3v) is 3.71. The van der Waals surface area contributed by atoms with Crippen molar-refractivity contribution in [3.63, 3.8) is 0 Å². The SMILES string of the molecule is ClC1CCc2ccc(-c3ccccc3)cc21. The second kappa shape index (κ2) is 3.95. The van der Waals surface area contributed by atoms with Crippen LogP contribution in [-0.2, 0) is 6.42 Å². The van der Waals surface area contributed by atoms with E-state index in [-0.39, 0.29) is 5.38 Å². The fourth-order valence-corrected chi connectivity index (χ4v) is 2.67. The Kier molecular flexibility index (Phi) is 2.45. The first-order chi connectivity index (χ1) is 7.84. The highest BCUT2D eigenvalue weighted by Gasteiger charge is 2.20. The van der Waals surface area contributed by atoms with Crippen LogP contribution in [0.3, 0.4) is 0 Å². The van der Waals surface area contributed by atoms with E-state index in [9.17, 15) is 0 Å². The molecule has 2 aromatic rings. The van der Waals surface area contributed by atoms with Crippen LogP contribution in [0.5, 0.6) is 0 Å². The predicted octanol–water partition coefficient (Wildman–Crippen LogP) is 4.58. The average Bonchev–Trinajstić information content (AvgIpc) is 2.72. The molecule has 1 atom stereocenters. The lowest BCUT2D eigenvalue weighted by molar-refractivity contribution is 0.882. The molecule has 80 valence electrons. The summed E-state index contributed by atoms with van der Waals surface area (Å²) in [6, 6.07) is 17.1. The molecule has 0 fully saturated rings. The van der Waals surface area contributed by atoms with E-state index < -0.39 is 0 Å². The van der Waals surface area contributed by atoms with Crippen molar-refractivity contribution in [2.75, 3.05) is 0 Å². The molecule has 0 saturated carbocycles. The maximum absolute atomic E-state index is 6.30. The summed E-state index contributed by atoms with van der Waals surface area (Å²) < 4.78 is 0. The highest BCUT2D eigenvalue weighted by molar-refractivity contribution is 6.21. The molecule has 0 N–H and O–H groups in total. The Morgan fingerprint density at radius 3 is 2.56 bits per heavy atom. The minimum absolute atomic E-state index is 0.207. The van der Waals surface area contributed by atoms with E-state index in [1.54, 1.807) is 0 Å². The summed E-state index contributed by atoms with van der Waals surface area (Å²) in [5, 5.41) is 0.207. The van der Waals surface area contributed by atoms with Gasteiger partial charge in [0, 0.05) is 0 Å². The molecular formula is C15H13Cl. The maximum atomic E-state index is 6.30. The Balaban J connectivity index is 2.08. The number of benzene rings is 2. The largest absolute Gasteiger partial charge is 0.118 e. The molecule has 0 nitrogen and oxygen atoms in total. The molecule has 0 amide bonds. The van der Waals surface area contributed by atoms with Crippen LogP contribution >= 0.6 is 11.6 Å². The summed E-state index contributed by atoms with van der Waals surface area (Å²) >= 11 is 6.30. The van der Waals surface area contributed by atoms with Crippen molar-refractivity contribution in [1.82, 2.24) is 0 Å². The maximum Gasteiger partial charge on any atom is 0.0591 e. The number of fused-ring (bicyclic) bond motifs is 1. The Morgan fingerprint density at radius 2 is 1.75 bits per heavy atom. The van der Waals surface area contributed by atoms with E-state index in [2.05, 4.69) is 42.5 Å². The van der Waals surface area contributed by atoms with E-state index in [0.717, 1.165) is 12.8 Å². The van der Waals surface area contributed by atoms with E-state index in [4.69, 9.17) is 11.6 Å². The van der Waals surface area contributed by atoms with Gasteiger partial charge in [0.25, 0.3) is 0 Å². The van der Waals surface area contributed by atoms with Crippen molar-refractivity contribution in [2.24, 2.45) is 0 Å². The van der Waals surface area contributed by atoms with Gasteiger partial charge in [0.15, 0.2) is 0 Å².